The summed E-state index contributed by atoms with van der Waals surface area (Å²) >= 11 is 0. The van der Waals surface area contributed by atoms with Crippen molar-refractivity contribution >= 4 is 31.4 Å². The largest absolute Gasteiger partial charge is 0.475 e. The van der Waals surface area contributed by atoms with Gasteiger partial charge in [0.1, 0.15) is 5.54 Å². The maximum atomic E-state index is 12.1. The van der Waals surface area contributed by atoms with Gasteiger partial charge in [-0.2, -0.15) is 0 Å². The van der Waals surface area contributed by atoms with E-state index in [1.54, 1.807) is 19.3 Å². The molecule has 1 aliphatic carbocycles. The summed E-state index contributed by atoms with van der Waals surface area (Å²) in [5.41, 5.74) is 2.16. The molecule has 1 saturated carbocycles. The molecule has 9 heteroatoms. The number of carbonyl (C=O) groups excluding carboxylic acids is 2. The number of rotatable bonds is 11. The van der Waals surface area contributed by atoms with E-state index in [1.807, 2.05) is 31.2 Å². The van der Waals surface area contributed by atoms with Crippen LogP contribution in [-0.4, -0.2) is 66.5 Å². The van der Waals surface area contributed by atoms with Crippen LogP contribution in [0.2, 0.25) is 0 Å². The minimum atomic E-state index is -1.66. The summed E-state index contributed by atoms with van der Waals surface area (Å²) in [6, 6.07) is 7.61. The lowest BCUT2D eigenvalue weighted by Crippen LogP contribution is -2.54. The van der Waals surface area contributed by atoms with E-state index in [9.17, 15) is 19.6 Å². The fourth-order valence-corrected chi connectivity index (χ4v) is 2.73. The Kier molecular flexibility index (Phi) is 11.4. The van der Waals surface area contributed by atoms with Crippen molar-refractivity contribution in [2.45, 2.75) is 51.0 Å². The first-order valence-electron chi connectivity index (χ1n) is 10.3. The molecule has 2 rings (SSSR count). The van der Waals surface area contributed by atoms with Crippen LogP contribution in [0.4, 0.5) is 0 Å². The summed E-state index contributed by atoms with van der Waals surface area (Å²) in [5, 5.41) is 24.0. The van der Waals surface area contributed by atoms with E-state index in [0.29, 0.717) is 32.2 Å². The third kappa shape index (κ3) is 9.27. The number of hydrogen-bond acceptors (Lipinski definition) is 6. The van der Waals surface area contributed by atoms with Gasteiger partial charge in [-0.25, -0.2) is 0 Å². The monoisotopic (exact) mass is 428 g/mol. The molecule has 8 nitrogen and oxygen atoms in total. The van der Waals surface area contributed by atoms with E-state index in [0.717, 1.165) is 23.3 Å². The van der Waals surface area contributed by atoms with E-state index in [2.05, 4.69) is 34.1 Å². The van der Waals surface area contributed by atoms with Crippen molar-refractivity contribution in [1.82, 2.24) is 10.6 Å². The van der Waals surface area contributed by atoms with Crippen LogP contribution in [0.1, 0.15) is 37.3 Å². The number of aliphatic imine (C=N–C) groups is 2. The van der Waals surface area contributed by atoms with Gasteiger partial charge in [0.15, 0.2) is 0 Å². The van der Waals surface area contributed by atoms with E-state index in [1.165, 1.54) is 0 Å². The van der Waals surface area contributed by atoms with Crippen molar-refractivity contribution in [3.8, 4) is 0 Å². The van der Waals surface area contributed by atoms with Crippen LogP contribution in [0, 0.1) is 6.92 Å². The van der Waals surface area contributed by atoms with Gasteiger partial charge in [-0.05, 0) is 38.2 Å². The van der Waals surface area contributed by atoms with Crippen LogP contribution in [0.15, 0.2) is 46.9 Å². The molecule has 1 aromatic rings. The molecule has 1 aromatic carbocycles. The van der Waals surface area contributed by atoms with Gasteiger partial charge < -0.3 is 20.7 Å². The van der Waals surface area contributed by atoms with Crippen molar-refractivity contribution in [3.05, 3.63) is 48.0 Å². The van der Waals surface area contributed by atoms with E-state index >= 15 is 0 Å². The number of aryl methyl sites for hydroxylation is 1. The SMILES string of the molecule is C=CCN=CC(CC)=NC.Cc1ccc(C[C@H](NC(=O)C2(NC=O)CC2)B(O)O)cc1. The Hall–Kier alpha value is -2.78. The predicted molar refractivity (Wildman–Crippen MR) is 125 cm³/mol. The van der Waals surface area contributed by atoms with Gasteiger partial charge in [0, 0.05) is 13.3 Å². The minimum absolute atomic E-state index is 0.306. The van der Waals surface area contributed by atoms with Crippen LogP contribution in [0.5, 0.6) is 0 Å². The zero-order valence-corrected chi connectivity index (χ0v) is 18.5. The third-order valence-electron chi connectivity index (χ3n) is 4.90. The summed E-state index contributed by atoms with van der Waals surface area (Å²) in [4.78, 5) is 30.7. The van der Waals surface area contributed by atoms with Crippen molar-refractivity contribution in [2.75, 3.05) is 13.6 Å². The lowest BCUT2D eigenvalue weighted by Gasteiger charge is -2.21. The molecular weight excluding hydrogens is 395 g/mol. The molecule has 4 N–H and O–H groups in total. The van der Waals surface area contributed by atoms with Crippen LogP contribution in [-0.2, 0) is 16.0 Å². The van der Waals surface area contributed by atoms with Crippen LogP contribution >= 0.6 is 0 Å². The summed E-state index contributed by atoms with van der Waals surface area (Å²) in [7, 11) is 0.112. The molecule has 0 bridgehead atoms. The quantitative estimate of drug-likeness (QED) is 0.182. The smallest absolute Gasteiger partial charge is 0.426 e. The number of nitrogens with zero attached hydrogens (tertiary/aromatic N) is 2. The first-order valence-corrected chi connectivity index (χ1v) is 10.3. The molecule has 0 aliphatic heterocycles. The standard InChI is InChI=1S/C14H19BN2O4.C8H14N2/c1-10-2-4-11(5-3-10)8-12(15(20)21)17-13(19)14(6-7-14)16-9-18;1-4-6-10-7-8(5-2)9-3/h2-5,9,12,20-21H,6-8H2,1H3,(H,16,18)(H,17,19);4,7H,1,5-6H2,2-3H3/t12-;/m0./s1. The van der Waals surface area contributed by atoms with Gasteiger partial charge in [-0.1, -0.05) is 42.8 Å². The summed E-state index contributed by atoms with van der Waals surface area (Å²) in [6.07, 6.45) is 6.43. The number of benzene rings is 1. The van der Waals surface area contributed by atoms with Crippen molar-refractivity contribution < 1.29 is 19.6 Å². The van der Waals surface area contributed by atoms with Gasteiger partial charge in [0.2, 0.25) is 12.3 Å². The van der Waals surface area contributed by atoms with Crippen LogP contribution < -0.4 is 10.6 Å². The van der Waals surface area contributed by atoms with E-state index < -0.39 is 18.6 Å². The topological polar surface area (TPSA) is 123 Å². The Morgan fingerprint density at radius 1 is 1.32 bits per heavy atom. The van der Waals surface area contributed by atoms with Gasteiger partial charge in [0.05, 0.1) is 18.2 Å². The second-order valence-electron chi connectivity index (χ2n) is 7.38. The fraction of sp³-hybridized carbons (Fsp3) is 0.455. The molecular formula is C22H33BN4O4. The molecule has 1 aliphatic rings. The van der Waals surface area contributed by atoms with Crippen LogP contribution in [0.3, 0.4) is 0 Å². The molecule has 0 radical (unpaired) electrons. The van der Waals surface area contributed by atoms with Gasteiger partial charge >= 0.3 is 7.12 Å². The lowest BCUT2D eigenvalue weighted by atomic mass is 9.75. The maximum absolute atomic E-state index is 12.1. The highest BCUT2D eigenvalue weighted by molar-refractivity contribution is 6.43. The minimum Gasteiger partial charge on any atom is -0.426 e. The number of amides is 2. The zero-order valence-electron chi connectivity index (χ0n) is 18.5. The van der Waals surface area contributed by atoms with E-state index in [-0.39, 0.29) is 5.91 Å². The molecule has 1 atom stereocenters. The average molecular weight is 428 g/mol. The second kappa shape index (κ2) is 13.5. The molecule has 1 fully saturated rings. The molecule has 0 aromatic heterocycles. The normalized spacial score (nSPS) is 15.3. The fourth-order valence-electron chi connectivity index (χ4n) is 2.73. The Balaban J connectivity index is 0.000000407. The molecule has 2 amide bonds. The lowest BCUT2D eigenvalue weighted by molar-refractivity contribution is -0.126. The first kappa shape index (κ1) is 26.3. The first-order chi connectivity index (χ1) is 14.8. The Bertz CT molecular complexity index is 774. The Morgan fingerprint density at radius 3 is 2.42 bits per heavy atom. The highest BCUT2D eigenvalue weighted by Crippen LogP contribution is 2.35. The van der Waals surface area contributed by atoms with Crippen molar-refractivity contribution in [2.24, 2.45) is 9.98 Å². The van der Waals surface area contributed by atoms with Gasteiger partial charge in [0.25, 0.3) is 0 Å². The molecule has 168 valence electrons. The highest BCUT2D eigenvalue weighted by Gasteiger charge is 2.50. The molecule has 0 unspecified atom stereocenters. The summed E-state index contributed by atoms with van der Waals surface area (Å²) < 4.78 is 0. The van der Waals surface area contributed by atoms with Crippen molar-refractivity contribution in [1.29, 1.82) is 0 Å². The molecule has 0 saturated heterocycles. The number of hydrogen-bond donors (Lipinski definition) is 4. The second-order valence-corrected chi connectivity index (χ2v) is 7.38. The van der Waals surface area contributed by atoms with Gasteiger partial charge in [-0.15, -0.1) is 6.58 Å². The maximum Gasteiger partial charge on any atom is 0.475 e. The molecule has 31 heavy (non-hydrogen) atoms. The summed E-state index contributed by atoms with van der Waals surface area (Å²) in [6.45, 7) is 8.26. The Labute approximate surface area is 184 Å². The number of nitrogens with one attached hydrogen (secondary N) is 2. The molecule has 0 spiro atoms. The summed E-state index contributed by atoms with van der Waals surface area (Å²) in [5.74, 6) is -1.19. The van der Waals surface area contributed by atoms with Gasteiger partial charge in [-0.3, -0.25) is 19.6 Å². The average Bonchev–Trinajstić information content (AvgIpc) is 3.54. The van der Waals surface area contributed by atoms with Crippen molar-refractivity contribution in [3.63, 3.8) is 0 Å². The van der Waals surface area contributed by atoms with E-state index in [4.69, 9.17) is 0 Å². The zero-order chi connectivity index (χ0) is 23.3. The van der Waals surface area contributed by atoms with Crippen LogP contribution in [0.25, 0.3) is 0 Å². The highest BCUT2D eigenvalue weighted by atomic mass is 16.4. The predicted octanol–water partition coefficient (Wildman–Crippen LogP) is 1.04. The number of carbonyl (C=O) groups is 2. The third-order valence-corrected chi connectivity index (χ3v) is 4.90. The molecule has 0 heterocycles. The Morgan fingerprint density at radius 2 is 1.97 bits per heavy atom.